The number of rotatable bonds is 11. The lowest BCUT2D eigenvalue weighted by Gasteiger charge is -2.34. The molecule has 1 aromatic heterocycles. The summed E-state index contributed by atoms with van der Waals surface area (Å²) in [5.41, 5.74) is 2.80. The number of hydrogen-bond acceptors (Lipinski definition) is 7. The summed E-state index contributed by atoms with van der Waals surface area (Å²) < 4.78 is 44.4. The molecule has 0 bridgehead atoms. The first-order valence-corrected chi connectivity index (χ1v) is 15.9. The van der Waals surface area contributed by atoms with Crippen LogP contribution in [0.3, 0.4) is 0 Å². The van der Waals surface area contributed by atoms with Gasteiger partial charge in [0, 0.05) is 30.2 Å². The van der Waals surface area contributed by atoms with Crippen molar-refractivity contribution in [2.45, 2.75) is 31.5 Å². The molecule has 1 amide bonds. The van der Waals surface area contributed by atoms with Crippen LogP contribution in [0.25, 0.3) is 0 Å². The molecule has 43 heavy (non-hydrogen) atoms. The smallest absolute Gasteiger partial charge is 0.247 e. The molecule has 3 aromatic carbocycles. The number of ether oxygens (including phenoxy) is 1. The van der Waals surface area contributed by atoms with Gasteiger partial charge in [-0.3, -0.25) is 24.7 Å². The largest absolute Gasteiger partial charge is 0.457 e. The maximum atomic E-state index is 13.3. The second kappa shape index (κ2) is 13.8. The molecule has 4 aromatic rings. The van der Waals surface area contributed by atoms with E-state index in [-0.39, 0.29) is 17.8 Å². The number of aromatic nitrogens is 1. The molecule has 0 radical (unpaired) electrons. The van der Waals surface area contributed by atoms with Gasteiger partial charge in [-0.2, -0.15) is 0 Å². The number of halogens is 1. The van der Waals surface area contributed by atoms with Gasteiger partial charge in [0.15, 0.2) is 0 Å². The highest BCUT2D eigenvalue weighted by molar-refractivity contribution is 7.92. The van der Waals surface area contributed by atoms with Crippen LogP contribution in [-0.4, -0.2) is 49.6 Å². The van der Waals surface area contributed by atoms with Crippen LogP contribution in [0.4, 0.5) is 15.8 Å². The van der Waals surface area contributed by atoms with Gasteiger partial charge in [0.2, 0.25) is 15.9 Å². The van der Waals surface area contributed by atoms with Gasteiger partial charge in [0.05, 0.1) is 11.9 Å². The van der Waals surface area contributed by atoms with Gasteiger partial charge in [-0.1, -0.05) is 18.2 Å². The maximum Gasteiger partial charge on any atom is 0.247 e. The lowest BCUT2D eigenvalue weighted by atomic mass is 10.0. The first-order chi connectivity index (χ1) is 20.7. The number of likely N-dealkylation sites (tertiary alicyclic amines) is 1. The van der Waals surface area contributed by atoms with Gasteiger partial charge in [0.25, 0.3) is 0 Å². The van der Waals surface area contributed by atoms with E-state index in [0.29, 0.717) is 28.6 Å². The number of benzene rings is 3. The normalized spacial score (nSPS) is 15.0. The number of anilines is 2. The summed E-state index contributed by atoms with van der Waals surface area (Å²) in [5.74, 6) is 0.699. The Kier molecular flexibility index (Phi) is 9.65. The van der Waals surface area contributed by atoms with Crippen molar-refractivity contribution in [3.63, 3.8) is 0 Å². The van der Waals surface area contributed by atoms with Crippen LogP contribution in [0, 0.1) is 5.82 Å². The van der Waals surface area contributed by atoms with E-state index in [0.717, 1.165) is 44.3 Å². The summed E-state index contributed by atoms with van der Waals surface area (Å²) in [6.07, 6.45) is 4.53. The van der Waals surface area contributed by atoms with Gasteiger partial charge < -0.3 is 10.1 Å². The van der Waals surface area contributed by atoms with Crippen molar-refractivity contribution in [3.05, 3.63) is 114 Å². The van der Waals surface area contributed by atoms with Gasteiger partial charge >= 0.3 is 0 Å². The fourth-order valence-electron chi connectivity index (χ4n) is 4.95. The fraction of sp³-hybridized carbons (Fsp3) is 0.250. The standard InChI is InChI=1S/C32H34FN5O4S/c1-43(40,41)37-27-11-15-29(16-12-27)42-28-13-5-23(6-14-28)22-38-20-17-26(18-21-38)35-31(30-4-2-3-19-34-30)32(39)36-25-9-7-24(33)8-10-25/h2-16,19,26,31,35,37H,17-18,20-22H2,1H3,(H,36,39). The zero-order valence-corrected chi connectivity index (χ0v) is 24.6. The average molecular weight is 604 g/mol. The molecule has 11 heteroatoms. The van der Waals surface area contributed by atoms with Crippen molar-refractivity contribution in [1.82, 2.24) is 15.2 Å². The Morgan fingerprint density at radius 3 is 2.16 bits per heavy atom. The van der Waals surface area contributed by atoms with Crippen LogP contribution in [-0.2, 0) is 21.4 Å². The Labute approximate surface area is 251 Å². The first kappa shape index (κ1) is 30.1. The van der Waals surface area contributed by atoms with E-state index < -0.39 is 16.1 Å². The number of nitrogens with one attached hydrogen (secondary N) is 3. The molecule has 0 spiro atoms. The van der Waals surface area contributed by atoms with E-state index in [2.05, 4.69) is 25.2 Å². The van der Waals surface area contributed by atoms with E-state index in [9.17, 15) is 17.6 Å². The summed E-state index contributed by atoms with van der Waals surface area (Å²) in [6.45, 7) is 2.55. The SMILES string of the molecule is CS(=O)(=O)Nc1ccc(Oc2ccc(CN3CCC(NC(C(=O)Nc4ccc(F)cc4)c4ccccn4)CC3)cc2)cc1. The molecule has 1 aliphatic heterocycles. The van der Waals surface area contributed by atoms with Crippen LogP contribution in [0.5, 0.6) is 11.5 Å². The topological polar surface area (TPSA) is 113 Å². The Bertz CT molecular complexity index is 1590. The number of hydrogen-bond donors (Lipinski definition) is 3. The molecular formula is C32H34FN5O4S. The van der Waals surface area contributed by atoms with Gasteiger partial charge in [-0.15, -0.1) is 0 Å². The van der Waals surface area contributed by atoms with Crippen LogP contribution >= 0.6 is 0 Å². The van der Waals surface area contributed by atoms with E-state index in [1.54, 1.807) is 42.6 Å². The molecule has 1 atom stereocenters. The molecule has 1 fully saturated rings. The summed E-state index contributed by atoms with van der Waals surface area (Å²) in [7, 11) is -3.33. The number of pyridine rings is 1. The Hall–Kier alpha value is -4.32. The molecule has 9 nitrogen and oxygen atoms in total. The second-order valence-corrected chi connectivity index (χ2v) is 12.3. The molecule has 224 valence electrons. The quantitative estimate of drug-likeness (QED) is 0.213. The van der Waals surface area contributed by atoms with Crippen LogP contribution in [0.2, 0.25) is 0 Å². The van der Waals surface area contributed by atoms with Crippen LogP contribution in [0.1, 0.15) is 30.1 Å². The lowest BCUT2D eigenvalue weighted by molar-refractivity contribution is -0.118. The Morgan fingerprint density at radius 1 is 0.930 bits per heavy atom. The number of nitrogens with zero attached hydrogens (tertiary/aromatic N) is 2. The van der Waals surface area contributed by atoms with Crippen molar-refractivity contribution in [2.75, 3.05) is 29.4 Å². The predicted molar refractivity (Wildman–Crippen MR) is 165 cm³/mol. The summed E-state index contributed by atoms with van der Waals surface area (Å²) in [5, 5.41) is 6.38. The molecule has 2 heterocycles. The Balaban J connectivity index is 1.12. The summed E-state index contributed by atoms with van der Waals surface area (Å²) >= 11 is 0. The van der Waals surface area contributed by atoms with E-state index in [1.807, 2.05) is 42.5 Å². The van der Waals surface area contributed by atoms with Crippen LogP contribution in [0.15, 0.2) is 97.2 Å². The highest BCUT2D eigenvalue weighted by Crippen LogP contribution is 2.25. The molecule has 0 aliphatic carbocycles. The highest BCUT2D eigenvalue weighted by Gasteiger charge is 2.27. The third-order valence-corrected chi connectivity index (χ3v) is 7.68. The number of carbonyl (C=O) groups excluding carboxylic acids is 1. The van der Waals surface area contributed by atoms with Gasteiger partial charge in [0.1, 0.15) is 23.4 Å². The summed E-state index contributed by atoms with van der Waals surface area (Å²) in [4.78, 5) is 20.0. The zero-order chi connectivity index (χ0) is 30.2. The van der Waals surface area contributed by atoms with E-state index in [4.69, 9.17) is 4.74 Å². The highest BCUT2D eigenvalue weighted by atomic mass is 32.2. The molecule has 5 rings (SSSR count). The fourth-order valence-corrected chi connectivity index (χ4v) is 5.51. The monoisotopic (exact) mass is 603 g/mol. The summed E-state index contributed by atoms with van der Waals surface area (Å²) in [6, 6.07) is 25.4. The van der Waals surface area contributed by atoms with Crippen molar-refractivity contribution in [3.8, 4) is 11.5 Å². The molecule has 0 saturated carbocycles. The second-order valence-electron chi connectivity index (χ2n) is 10.5. The van der Waals surface area contributed by atoms with E-state index in [1.165, 1.54) is 12.1 Å². The van der Waals surface area contributed by atoms with Crippen molar-refractivity contribution < 1.29 is 22.3 Å². The molecule has 1 aliphatic rings. The number of amides is 1. The number of carbonyl (C=O) groups is 1. The Morgan fingerprint density at radius 2 is 1.56 bits per heavy atom. The van der Waals surface area contributed by atoms with Crippen molar-refractivity contribution in [1.29, 1.82) is 0 Å². The third kappa shape index (κ3) is 9.08. The predicted octanol–water partition coefficient (Wildman–Crippen LogP) is 5.32. The lowest BCUT2D eigenvalue weighted by Crippen LogP contribution is -2.46. The average Bonchev–Trinajstić information content (AvgIpc) is 2.99. The molecular weight excluding hydrogens is 569 g/mol. The molecule has 1 unspecified atom stereocenters. The van der Waals surface area contributed by atoms with E-state index >= 15 is 0 Å². The minimum absolute atomic E-state index is 0.136. The number of piperidine rings is 1. The van der Waals surface area contributed by atoms with Gasteiger partial charge in [-0.05, 0) is 104 Å². The maximum absolute atomic E-state index is 13.3. The molecule has 1 saturated heterocycles. The van der Waals surface area contributed by atoms with Gasteiger partial charge in [-0.25, -0.2) is 12.8 Å². The molecule has 3 N–H and O–H groups in total. The first-order valence-electron chi connectivity index (χ1n) is 14.0. The minimum Gasteiger partial charge on any atom is -0.457 e. The van der Waals surface area contributed by atoms with Crippen molar-refractivity contribution >= 4 is 27.3 Å². The number of sulfonamides is 1. The zero-order valence-electron chi connectivity index (χ0n) is 23.7. The van der Waals surface area contributed by atoms with Crippen molar-refractivity contribution in [2.24, 2.45) is 0 Å². The third-order valence-electron chi connectivity index (χ3n) is 7.07. The van der Waals surface area contributed by atoms with Crippen LogP contribution < -0.4 is 20.1 Å². The minimum atomic E-state index is -3.33.